The van der Waals surface area contributed by atoms with E-state index in [1.807, 2.05) is 0 Å². The Balaban J connectivity index is 2.26. The lowest BCUT2D eigenvalue weighted by Gasteiger charge is -2.20. The fraction of sp³-hybridized carbons (Fsp3) is 0.462. The number of hydrogen-bond acceptors (Lipinski definition) is 3. The van der Waals surface area contributed by atoms with E-state index in [4.69, 9.17) is 0 Å². The van der Waals surface area contributed by atoms with Crippen molar-refractivity contribution in [3.63, 3.8) is 0 Å². The van der Waals surface area contributed by atoms with Gasteiger partial charge in [-0.25, -0.2) is 12.8 Å². The quantitative estimate of drug-likeness (QED) is 0.848. The molecule has 1 fully saturated rings. The minimum Gasteiger partial charge on any atom is -0.342 e. The van der Waals surface area contributed by atoms with Crippen LogP contribution in [0.5, 0.6) is 0 Å². The average molecular weight is 285 g/mol. The van der Waals surface area contributed by atoms with Gasteiger partial charge in [0.2, 0.25) is 5.91 Å². The lowest BCUT2D eigenvalue weighted by molar-refractivity contribution is -0.129. The first-order valence-electron chi connectivity index (χ1n) is 6.21. The summed E-state index contributed by atoms with van der Waals surface area (Å²) in [5.41, 5.74) is 0. The van der Waals surface area contributed by atoms with Crippen molar-refractivity contribution in [1.29, 1.82) is 0 Å². The molecular formula is C13H16FNO3S. The molecule has 1 amide bonds. The fourth-order valence-electron chi connectivity index (χ4n) is 2.18. The Hall–Kier alpha value is -1.43. The standard InChI is InChI=1S/C13H16FNO3S/c1-10(13(16)15-7-2-3-8-15)19(17,18)12-6-4-5-11(14)9-12/h4-6,9-10H,2-3,7-8H2,1H3. The maximum Gasteiger partial charge on any atom is 0.241 e. The van der Waals surface area contributed by atoms with E-state index in [1.54, 1.807) is 4.90 Å². The number of benzene rings is 1. The second-order valence-electron chi connectivity index (χ2n) is 4.68. The van der Waals surface area contributed by atoms with Crippen LogP contribution >= 0.6 is 0 Å². The van der Waals surface area contributed by atoms with Crippen molar-refractivity contribution in [2.75, 3.05) is 13.1 Å². The molecule has 1 aliphatic rings. The third-order valence-electron chi connectivity index (χ3n) is 3.36. The van der Waals surface area contributed by atoms with Crippen LogP contribution in [0.4, 0.5) is 4.39 Å². The molecule has 2 rings (SSSR count). The highest BCUT2D eigenvalue weighted by atomic mass is 32.2. The van der Waals surface area contributed by atoms with Gasteiger partial charge in [0.1, 0.15) is 11.1 Å². The molecule has 0 radical (unpaired) electrons. The Morgan fingerprint density at radius 3 is 2.53 bits per heavy atom. The van der Waals surface area contributed by atoms with E-state index in [9.17, 15) is 17.6 Å². The van der Waals surface area contributed by atoms with Gasteiger partial charge in [-0.05, 0) is 38.0 Å². The van der Waals surface area contributed by atoms with Gasteiger partial charge in [0.05, 0.1) is 4.90 Å². The van der Waals surface area contributed by atoms with Crippen LogP contribution in [0.25, 0.3) is 0 Å². The molecule has 0 saturated carbocycles. The highest BCUT2D eigenvalue weighted by Gasteiger charge is 2.34. The van der Waals surface area contributed by atoms with Gasteiger partial charge >= 0.3 is 0 Å². The van der Waals surface area contributed by atoms with E-state index >= 15 is 0 Å². The van der Waals surface area contributed by atoms with Crippen molar-refractivity contribution in [3.8, 4) is 0 Å². The van der Waals surface area contributed by atoms with Gasteiger partial charge in [-0.3, -0.25) is 4.79 Å². The molecule has 1 saturated heterocycles. The number of halogens is 1. The summed E-state index contributed by atoms with van der Waals surface area (Å²) >= 11 is 0. The van der Waals surface area contributed by atoms with Gasteiger partial charge in [0.15, 0.2) is 9.84 Å². The number of carbonyl (C=O) groups is 1. The third kappa shape index (κ3) is 2.78. The molecule has 1 unspecified atom stereocenters. The summed E-state index contributed by atoms with van der Waals surface area (Å²) in [6, 6.07) is 4.76. The molecule has 0 aliphatic carbocycles. The van der Waals surface area contributed by atoms with Crippen LogP contribution < -0.4 is 0 Å². The van der Waals surface area contributed by atoms with E-state index in [-0.39, 0.29) is 4.90 Å². The summed E-state index contributed by atoms with van der Waals surface area (Å²) in [5.74, 6) is -1.02. The third-order valence-corrected chi connectivity index (χ3v) is 5.40. The topological polar surface area (TPSA) is 54.5 Å². The largest absolute Gasteiger partial charge is 0.342 e. The number of nitrogens with zero attached hydrogens (tertiary/aromatic N) is 1. The van der Waals surface area contributed by atoms with E-state index in [0.717, 1.165) is 18.9 Å². The predicted molar refractivity (Wildman–Crippen MR) is 68.9 cm³/mol. The fourth-order valence-corrected chi connectivity index (χ4v) is 3.54. The first kappa shape index (κ1) is 14.0. The number of sulfone groups is 1. The molecule has 6 heteroatoms. The first-order chi connectivity index (χ1) is 8.93. The zero-order valence-electron chi connectivity index (χ0n) is 10.7. The van der Waals surface area contributed by atoms with Gasteiger partial charge in [-0.1, -0.05) is 6.07 Å². The molecule has 1 aliphatic heterocycles. The van der Waals surface area contributed by atoms with Crippen molar-refractivity contribution in [2.24, 2.45) is 0 Å². The molecule has 0 bridgehead atoms. The summed E-state index contributed by atoms with van der Waals surface area (Å²) in [4.78, 5) is 13.5. The maximum absolute atomic E-state index is 13.1. The van der Waals surface area contributed by atoms with Gasteiger partial charge < -0.3 is 4.90 Å². The van der Waals surface area contributed by atoms with Gasteiger partial charge in [0, 0.05) is 13.1 Å². The summed E-state index contributed by atoms with van der Waals surface area (Å²) in [6.07, 6.45) is 1.80. The maximum atomic E-state index is 13.1. The smallest absolute Gasteiger partial charge is 0.241 e. The summed E-state index contributed by atoms with van der Waals surface area (Å²) < 4.78 is 37.6. The van der Waals surface area contributed by atoms with Crippen LogP contribution in [0, 0.1) is 5.82 Å². The zero-order chi connectivity index (χ0) is 14.0. The van der Waals surface area contributed by atoms with Crippen molar-refractivity contribution >= 4 is 15.7 Å². The van der Waals surface area contributed by atoms with Crippen molar-refractivity contribution in [1.82, 2.24) is 4.90 Å². The van der Waals surface area contributed by atoms with Gasteiger partial charge in [0.25, 0.3) is 0 Å². The highest BCUT2D eigenvalue weighted by molar-refractivity contribution is 7.92. The monoisotopic (exact) mass is 285 g/mol. The van der Waals surface area contributed by atoms with Crippen LogP contribution in [-0.4, -0.2) is 37.6 Å². The molecule has 1 atom stereocenters. The predicted octanol–water partition coefficient (Wildman–Crippen LogP) is 1.61. The second-order valence-corrected chi connectivity index (χ2v) is 6.95. The second kappa shape index (κ2) is 5.28. The van der Waals surface area contributed by atoms with Crippen LogP contribution in [0.3, 0.4) is 0 Å². The number of amides is 1. The normalized spacial score (nSPS) is 17.5. The Kier molecular flexibility index (Phi) is 3.89. The molecule has 0 N–H and O–H groups in total. The Morgan fingerprint density at radius 2 is 1.95 bits per heavy atom. The lowest BCUT2D eigenvalue weighted by Crippen LogP contribution is -2.39. The highest BCUT2D eigenvalue weighted by Crippen LogP contribution is 2.20. The number of carbonyl (C=O) groups excluding carboxylic acids is 1. The van der Waals surface area contributed by atoms with Gasteiger partial charge in [-0.15, -0.1) is 0 Å². The molecule has 0 spiro atoms. The minimum atomic E-state index is -3.83. The number of rotatable bonds is 3. The Labute approximate surface area is 112 Å². The molecule has 1 aromatic carbocycles. The average Bonchev–Trinajstić information content (AvgIpc) is 2.90. The zero-order valence-corrected chi connectivity index (χ0v) is 11.5. The van der Waals surface area contributed by atoms with Crippen molar-refractivity contribution in [2.45, 2.75) is 29.9 Å². The molecule has 19 heavy (non-hydrogen) atoms. The summed E-state index contributed by atoms with van der Waals surface area (Å²) in [6.45, 7) is 2.56. The van der Waals surface area contributed by atoms with Crippen molar-refractivity contribution in [3.05, 3.63) is 30.1 Å². The van der Waals surface area contributed by atoms with Crippen LogP contribution in [-0.2, 0) is 14.6 Å². The molecule has 104 valence electrons. The molecule has 1 aromatic rings. The Bertz CT molecular complexity index is 579. The van der Waals surface area contributed by atoms with Gasteiger partial charge in [-0.2, -0.15) is 0 Å². The SMILES string of the molecule is CC(C(=O)N1CCCC1)S(=O)(=O)c1cccc(F)c1. The first-order valence-corrected chi connectivity index (χ1v) is 7.76. The number of hydrogen-bond donors (Lipinski definition) is 0. The van der Waals surface area contributed by atoms with Crippen molar-refractivity contribution < 1.29 is 17.6 Å². The Morgan fingerprint density at radius 1 is 1.32 bits per heavy atom. The summed E-state index contributed by atoms with van der Waals surface area (Å²) in [5, 5.41) is -1.17. The molecular weight excluding hydrogens is 269 g/mol. The lowest BCUT2D eigenvalue weighted by atomic mass is 10.3. The van der Waals surface area contributed by atoms with E-state index < -0.39 is 26.8 Å². The minimum absolute atomic E-state index is 0.146. The molecule has 0 aromatic heterocycles. The van der Waals surface area contributed by atoms with Crippen LogP contribution in [0.2, 0.25) is 0 Å². The molecule has 4 nitrogen and oxygen atoms in total. The number of likely N-dealkylation sites (tertiary alicyclic amines) is 1. The van der Waals surface area contributed by atoms with Crippen LogP contribution in [0.1, 0.15) is 19.8 Å². The van der Waals surface area contributed by atoms with E-state index in [1.165, 1.54) is 25.1 Å². The van der Waals surface area contributed by atoms with E-state index in [0.29, 0.717) is 13.1 Å². The molecule has 1 heterocycles. The summed E-state index contributed by atoms with van der Waals surface area (Å²) in [7, 11) is -3.83. The van der Waals surface area contributed by atoms with E-state index in [2.05, 4.69) is 0 Å². The van der Waals surface area contributed by atoms with Crippen LogP contribution in [0.15, 0.2) is 29.2 Å².